The van der Waals surface area contributed by atoms with E-state index in [1.165, 1.54) is 62.5 Å². The third-order valence-electron chi connectivity index (χ3n) is 10.1. The summed E-state index contributed by atoms with van der Waals surface area (Å²) in [7, 11) is 0. The number of hydrogen-bond donors (Lipinski definition) is 0. The quantitative estimate of drug-likeness (QED) is 0.458. The Morgan fingerprint density at radius 3 is 1.23 bits per heavy atom. The first-order valence-electron chi connectivity index (χ1n) is 11.9. The van der Waals surface area contributed by atoms with Gasteiger partial charge in [0.05, 0.1) is 0 Å². The first-order chi connectivity index (χ1) is 12.6. The van der Waals surface area contributed by atoms with E-state index in [1.54, 1.807) is 12.8 Å². The van der Waals surface area contributed by atoms with E-state index in [2.05, 4.69) is 27.0 Å². The van der Waals surface area contributed by atoms with Crippen LogP contribution in [-0.2, 0) is 0 Å². The van der Waals surface area contributed by atoms with Gasteiger partial charge in [0.15, 0.2) is 0 Å². The van der Waals surface area contributed by atoms with Crippen LogP contribution in [0.3, 0.4) is 0 Å². The van der Waals surface area contributed by atoms with Gasteiger partial charge in [0.1, 0.15) is 0 Å². The minimum atomic E-state index is 0.849. The molecule has 5 saturated carbocycles. The van der Waals surface area contributed by atoms with E-state index in [-0.39, 0.29) is 0 Å². The first kappa shape index (κ1) is 17.6. The highest BCUT2D eigenvalue weighted by Gasteiger charge is 2.59. The molecular formula is C26H40. The van der Waals surface area contributed by atoms with Crippen molar-refractivity contribution in [2.24, 2.45) is 59.2 Å². The number of fused-ring (bicyclic) bond motifs is 2. The molecule has 26 heavy (non-hydrogen) atoms. The van der Waals surface area contributed by atoms with Gasteiger partial charge in [0.2, 0.25) is 0 Å². The van der Waals surface area contributed by atoms with Gasteiger partial charge in [-0.25, -0.2) is 0 Å². The molecule has 0 aromatic carbocycles. The van der Waals surface area contributed by atoms with Gasteiger partial charge in [-0.05, 0) is 124 Å². The number of allylic oxidation sites excluding steroid dienone is 2. The van der Waals surface area contributed by atoms with Crippen molar-refractivity contribution in [3.63, 3.8) is 0 Å². The van der Waals surface area contributed by atoms with Crippen molar-refractivity contribution >= 4 is 0 Å². The minimum Gasteiger partial charge on any atom is -0.0999 e. The van der Waals surface area contributed by atoms with Crippen LogP contribution in [-0.4, -0.2) is 0 Å². The maximum Gasteiger partial charge on any atom is -0.0177 e. The van der Waals surface area contributed by atoms with Crippen LogP contribution in [0.25, 0.3) is 0 Å². The van der Waals surface area contributed by atoms with Crippen LogP contribution >= 0.6 is 0 Å². The molecule has 0 aliphatic heterocycles. The second-order valence-corrected chi connectivity index (χ2v) is 11.1. The summed E-state index contributed by atoms with van der Waals surface area (Å²) in [6.07, 6.45) is 15.1. The van der Waals surface area contributed by atoms with Crippen LogP contribution < -0.4 is 0 Å². The lowest BCUT2D eigenvalue weighted by Gasteiger charge is -2.65. The monoisotopic (exact) mass is 352 g/mol. The zero-order valence-electron chi connectivity index (χ0n) is 17.3. The summed E-state index contributed by atoms with van der Waals surface area (Å²) in [5, 5.41) is 0. The third kappa shape index (κ3) is 2.46. The van der Waals surface area contributed by atoms with E-state index in [0.717, 1.165) is 59.2 Å². The highest BCUT2D eigenvalue weighted by Crippen LogP contribution is 2.66. The highest BCUT2D eigenvalue weighted by molar-refractivity contribution is 5.14. The molecule has 0 amide bonds. The SMILES string of the molecule is C=C(C)C1CCC2C3CCCC4C(C(=C)C)CCC(C5CCCC1C52)C43. The van der Waals surface area contributed by atoms with Gasteiger partial charge in [0.25, 0.3) is 0 Å². The molecule has 0 radical (unpaired) electrons. The Hall–Kier alpha value is -0.520. The molecule has 0 aromatic rings. The lowest BCUT2D eigenvalue weighted by Crippen LogP contribution is -2.58. The van der Waals surface area contributed by atoms with Crippen molar-refractivity contribution in [3.05, 3.63) is 24.3 Å². The molecule has 0 aromatic heterocycles. The van der Waals surface area contributed by atoms with E-state index in [1.807, 2.05) is 0 Å². The Balaban J connectivity index is 1.51. The van der Waals surface area contributed by atoms with Crippen molar-refractivity contribution in [1.29, 1.82) is 0 Å². The van der Waals surface area contributed by atoms with Crippen molar-refractivity contribution < 1.29 is 0 Å². The van der Waals surface area contributed by atoms with Crippen molar-refractivity contribution in [1.82, 2.24) is 0 Å². The van der Waals surface area contributed by atoms with Crippen LogP contribution in [0.5, 0.6) is 0 Å². The molecule has 144 valence electrons. The standard InChI is InChI=1S/C26H40/c1-15(2)17-11-13-23-22-10-6-8-20-18(16(3)4)12-14-24(26(20)22)21-9-5-7-19(17)25(21)23/h17-26H,1,3,5-14H2,2,4H3. The van der Waals surface area contributed by atoms with Crippen LogP contribution in [0.2, 0.25) is 0 Å². The van der Waals surface area contributed by atoms with E-state index in [0.29, 0.717) is 0 Å². The average Bonchev–Trinajstić information content (AvgIpc) is 2.64. The first-order valence-corrected chi connectivity index (χ1v) is 11.9. The predicted octanol–water partition coefficient (Wildman–Crippen LogP) is 7.27. The van der Waals surface area contributed by atoms with Gasteiger partial charge in [-0.2, -0.15) is 0 Å². The Kier molecular flexibility index (Phi) is 4.41. The van der Waals surface area contributed by atoms with Gasteiger partial charge >= 0.3 is 0 Å². The lowest BCUT2D eigenvalue weighted by atomic mass is 9.40. The van der Waals surface area contributed by atoms with Crippen LogP contribution in [0.1, 0.15) is 78.1 Å². The fraction of sp³-hybridized carbons (Fsp3) is 0.846. The summed E-state index contributed by atoms with van der Waals surface area (Å²) in [5.74, 6) is 10.1. The lowest BCUT2D eigenvalue weighted by molar-refractivity contribution is -0.154. The second kappa shape index (κ2) is 6.52. The fourth-order valence-corrected chi connectivity index (χ4v) is 9.57. The van der Waals surface area contributed by atoms with Crippen molar-refractivity contribution in [2.75, 3.05) is 0 Å². The molecule has 5 aliphatic carbocycles. The molecule has 0 spiro atoms. The summed E-state index contributed by atoms with van der Waals surface area (Å²) >= 11 is 0. The zero-order chi connectivity index (χ0) is 18.0. The molecule has 0 nitrogen and oxygen atoms in total. The largest absolute Gasteiger partial charge is 0.0999 e. The second-order valence-electron chi connectivity index (χ2n) is 11.1. The molecule has 0 N–H and O–H groups in total. The van der Waals surface area contributed by atoms with Crippen molar-refractivity contribution in [3.8, 4) is 0 Å². The Bertz CT molecular complexity index is 525. The van der Waals surface area contributed by atoms with E-state index in [4.69, 9.17) is 0 Å². The summed E-state index contributed by atoms with van der Waals surface area (Å²) in [6.45, 7) is 13.5. The fourth-order valence-electron chi connectivity index (χ4n) is 9.57. The highest BCUT2D eigenvalue weighted by atomic mass is 14.6. The molecule has 5 rings (SSSR count). The molecule has 5 fully saturated rings. The summed E-state index contributed by atoms with van der Waals surface area (Å²) in [6, 6.07) is 0. The Morgan fingerprint density at radius 1 is 0.500 bits per heavy atom. The van der Waals surface area contributed by atoms with Gasteiger partial charge in [-0.1, -0.05) is 37.1 Å². The molecule has 0 bridgehead atoms. The molecule has 0 heterocycles. The topological polar surface area (TPSA) is 0 Å². The third-order valence-corrected chi connectivity index (χ3v) is 10.1. The predicted molar refractivity (Wildman–Crippen MR) is 111 cm³/mol. The van der Waals surface area contributed by atoms with E-state index < -0.39 is 0 Å². The van der Waals surface area contributed by atoms with Gasteiger partial charge in [-0.15, -0.1) is 0 Å². The zero-order valence-corrected chi connectivity index (χ0v) is 17.3. The molecule has 10 unspecified atom stereocenters. The van der Waals surface area contributed by atoms with Gasteiger partial charge in [-0.3, -0.25) is 0 Å². The molecule has 10 atom stereocenters. The molecular weight excluding hydrogens is 312 g/mol. The molecule has 0 saturated heterocycles. The molecule has 5 aliphatic rings. The maximum absolute atomic E-state index is 4.43. The molecule has 0 heteroatoms. The number of rotatable bonds is 2. The maximum atomic E-state index is 4.43. The van der Waals surface area contributed by atoms with E-state index >= 15 is 0 Å². The van der Waals surface area contributed by atoms with Crippen LogP contribution in [0.4, 0.5) is 0 Å². The smallest absolute Gasteiger partial charge is 0.0177 e. The summed E-state index contributed by atoms with van der Waals surface area (Å²) in [4.78, 5) is 0. The minimum absolute atomic E-state index is 0.849. The normalized spacial score (nSPS) is 52.5. The van der Waals surface area contributed by atoms with Gasteiger partial charge in [0, 0.05) is 0 Å². The number of hydrogen-bond acceptors (Lipinski definition) is 0. The summed E-state index contributed by atoms with van der Waals surface area (Å²) in [5.41, 5.74) is 3.01. The van der Waals surface area contributed by atoms with E-state index in [9.17, 15) is 0 Å². The van der Waals surface area contributed by atoms with Gasteiger partial charge < -0.3 is 0 Å². The summed E-state index contributed by atoms with van der Waals surface area (Å²) < 4.78 is 0. The van der Waals surface area contributed by atoms with Crippen LogP contribution in [0, 0.1) is 59.2 Å². The average molecular weight is 353 g/mol. The van der Waals surface area contributed by atoms with Crippen molar-refractivity contribution in [2.45, 2.75) is 78.1 Å². The Morgan fingerprint density at radius 2 is 0.846 bits per heavy atom. The Labute approximate surface area is 161 Å². The van der Waals surface area contributed by atoms with Crippen LogP contribution in [0.15, 0.2) is 24.3 Å².